The Balaban J connectivity index is 3.10. The van der Waals surface area contributed by atoms with Gasteiger partial charge < -0.3 is 24.4 Å². The SMILES string of the molecule is CCC(C)N(C)CCNCCOCCOCCOC. The van der Waals surface area contributed by atoms with E-state index in [1.165, 1.54) is 6.42 Å². The van der Waals surface area contributed by atoms with E-state index in [9.17, 15) is 0 Å². The number of likely N-dealkylation sites (N-methyl/N-ethyl adjacent to an activating group) is 1. The number of hydrogen-bond donors (Lipinski definition) is 1. The smallest absolute Gasteiger partial charge is 0.0701 e. The second-order valence-electron chi connectivity index (χ2n) is 4.71. The van der Waals surface area contributed by atoms with E-state index < -0.39 is 0 Å². The topological polar surface area (TPSA) is 43.0 Å². The summed E-state index contributed by atoms with van der Waals surface area (Å²) in [6.07, 6.45) is 1.20. The van der Waals surface area contributed by atoms with Crippen LogP contribution in [-0.2, 0) is 14.2 Å². The minimum Gasteiger partial charge on any atom is -0.382 e. The maximum absolute atomic E-state index is 5.45. The lowest BCUT2D eigenvalue weighted by Gasteiger charge is -2.23. The van der Waals surface area contributed by atoms with Crippen LogP contribution in [0.1, 0.15) is 20.3 Å². The molecule has 0 spiro atoms. The van der Waals surface area contributed by atoms with Crippen molar-refractivity contribution in [1.29, 1.82) is 0 Å². The molecule has 5 heteroatoms. The highest BCUT2D eigenvalue weighted by Gasteiger charge is 2.04. The maximum Gasteiger partial charge on any atom is 0.0701 e. The Morgan fingerprint density at radius 3 is 2.26 bits per heavy atom. The fourth-order valence-electron chi connectivity index (χ4n) is 1.52. The third-order valence-corrected chi connectivity index (χ3v) is 3.21. The number of ether oxygens (including phenoxy) is 3. The van der Waals surface area contributed by atoms with Crippen LogP contribution in [0.25, 0.3) is 0 Å². The fourth-order valence-corrected chi connectivity index (χ4v) is 1.52. The first-order valence-electron chi connectivity index (χ1n) is 7.27. The summed E-state index contributed by atoms with van der Waals surface area (Å²) in [5, 5.41) is 3.38. The molecule has 1 atom stereocenters. The summed E-state index contributed by atoms with van der Waals surface area (Å²) in [6.45, 7) is 10.8. The number of rotatable bonds is 14. The van der Waals surface area contributed by atoms with E-state index in [4.69, 9.17) is 14.2 Å². The average molecular weight is 276 g/mol. The van der Waals surface area contributed by atoms with Gasteiger partial charge in [0, 0.05) is 32.8 Å². The molecule has 0 fully saturated rings. The van der Waals surface area contributed by atoms with Crippen molar-refractivity contribution < 1.29 is 14.2 Å². The van der Waals surface area contributed by atoms with Gasteiger partial charge in [0.25, 0.3) is 0 Å². The minimum atomic E-state index is 0.639. The molecular formula is C14H32N2O3. The number of nitrogens with one attached hydrogen (secondary N) is 1. The molecule has 116 valence electrons. The summed E-state index contributed by atoms with van der Waals surface area (Å²) >= 11 is 0. The van der Waals surface area contributed by atoms with Crippen LogP contribution < -0.4 is 5.32 Å². The second kappa shape index (κ2) is 14.2. The number of nitrogens with zero attached hydrogens (tertiary/aromatic N) is 1. The Bertz CT molecular complexity index is 182. The van der Waals surface area contributed by atoms with Gasteiger partial charge in [-0.05, 0) is 20.4 Å². The zero-order valence-electron chi connectivity index (χ0n) is 13.1. The van der Waals surface area contributed by atoms with Gasteiger partial charge >= 0.3 is 0 Å². The van der Waals surface area contributed by atoms with E-state index in [2.05, 4.69) is 31.1 Å². The third kappa shape index (κ3) is 12.6. The molecule has 1 unspecified atom stereocenters. The summed E-state index contributed by atoms with van der Waals surface area (Å²) in [4.78, 5) is 2.37. The summed E-state index contributed by atoms with van der Waals surface area (Å²) < 4.78 is 15.6. The number of hydrogen-bond acceptors (Lipinski definition) is 5. The highest BCUT2D eigenvalue weighted by molar-refractivity contribution is 4.62. The quantitative estimate of drug-likeness (QED) is 0.479. The third-order valence-electron chi connectivity index (χ3n) is 3.21. The predicted molar refractivity (Wildman–Crippen MR) is 78.8 cm³/mol. The van der Waals surface area contributed by atoms with Gasteiger partial charge in [0.15, 0.2) is 0 Å². The van der Waals surface area contributed by atoms with Crippen molar-refractivity contribution in [3.63, 3.8) is 0 Å². The zero-order chi connectivity index (χ0) is 14.3. The van der Waals surface area contributed by atoms with Crippen molar-refractivity contribution >= 4 is 0 Å². The molecule has 0 aliphatic carbocycles. The molecule has 0 aliphatic rings. The summed E-state index contributed by atoms with van der Waals surface area (Å²) in [6, 6.07) is 0.655. The lowest BCUT2D eigenvalue weighted by Crippen LogP contribution is -2.35. The first-order chi connectivity index (χ1) is 9.22. The van der Waals surface area contributed by atoms with Crippen LogP contribution in [0.2, 0.25) is 0 Å². The molecule has 0 rings (SSSR count). The van der Waals surface area contributed by atoms with Crippen molar-refractivity contribution in [3.05, 3.63) is 0 Å². The van der Waals surface area contributed by atoms with Crippen LogP contribution in [0.5, 0.6) is 0 Å². The molecular weight excluding hydrogens is 244 g/mol. The van der Waals surface area contributed by atoms with E-state index in [-0.39, 0.29) is 0 Å². The summed E-state index contributed by atoms with van der Waals surface area (Å²) in [7, 11) is 3.84. The molecule has 0 radical (unpaired) electrons. The summed E-state index contributed by atoms with van der Waals surface area (Å²) in [5.74, 6) is 0. The molecule has 5 nitrogen and oxygen atoms in total. The van der Waals surface area contributed by atoms with Crippen LogP contribution in [0.4, 0.5) is 0 Å². The first-order valence-corrected chi connectivity index (χ1v) is 7.27. The van der Waals surface area contributed by atoms with Crippen LogP contribution in [0.3, 0.4) is 0 Å². The molecule has 0 aromatic rings. The van der Waals surface area contributed by atoms with E-state index in [1.807, 2.05) is 0 Å². The van der Waals surface area contributed by atoms with Gasteiger partial charge in [-0.3, -0.25) is 0 Å². The Kier molecular flexibility index (Phi) is 14.1. The van der Waals surface area contributed by atoms with Gasteiger partial charge in [-0.2, -0.15) is 0 Å². The Morgan fingerprint density at radius 2 is 1.63 bits per heavy atom. The summed E-state index contributed by atoms with van der Waals surface area (Å²) in [5.41, 5.74) is 0. The molecule has 0 saturated carbocycles. The molecule has 0 aliphatic heterocycles. The largest absolute Gasteiger partial charge is 0.382 e. The highest BCUT2D eigenvalue weighted by atomic mass is 16.5. The normalized spacial score (nSPS) is 13.1. The molecule has 0 bridgehead atoms. The Hall–Kier alpha value is -0.200. The van der Waals surface area contributed by atoms with Crippen LogP contribution in [0.15, 0.2) is 0 Å². The van der Waals surface area contributed by atoms with Crippen molar-refractivity contribution in [1.82, 2.24) is 10.2 Å². The first kappa shape index (κ1) is 18.8. The molecule has 0 heterocycles. The van der Waals surface area contributed by atoms with E-state index in [0.717, 1.165) is 26.2 Å². The van der Waals surface area contributed by atoms with Crippen LogP contribution >= 0.6 is 0 Å². The fraction of sp³-hybridized carbons (Fsp3) is 1.00. The Labute approximate surface area is 118 Å². The molecule has 1 N–H and O–H groups in total. The van der Waals surface area contributed by atoms with Crippen molar-refractivity contribution in [3.8, 4) is 0 Å². The zero-order valence-corrected chi connectivity index (χ0v) is 13.1. The van der Waals surface area contributed by atoms with Crippen molar-refractivity contribution in [2.45, 2.75) is 26.3 Å². The minimum absolute atomic E-state index is 0.639. The van der Waals surface area contributed by atoms with Crippen molar-refractivity contribution in [2.24, 2.45) is 0 Å². The number of methoxy groups -OCH3 is 1. The molecule has 0 aromatic carbocycles. The van der Waals surface area contributed by atoms with Crippen molar-refractivity contribution in [2.75, 3.05) is 66.8 Å². The Morgan fingerprint density at radius 1 is 1.00 bits per heavy atom. The average Bonchev–Trinajstić information content (AvgIpc) is 2.43. The van der Waals surface area contributed by atoms with Gasteiger partial charge in [0.1, 0.15) is 0 Å². The van der Waals surface area contributed by atoms with Gasteiger partial charge in [-0.25, -0.2) is 0 Å². The second-order valence-corrected chi connectivity index (χ2v) is 4.71. The van der Waals surface area contributed by atoms with Gasteiger partial charge in [-0.15, -0.1) is 0 Å². The molecule has 0 saturated heterocycles. The predicted octanol–water partition coefficient (Wildman–Crippen LogP) is 0.986. The van der Waals surface area contributed by atoms with E-state index in [0.29, 0.717) is 32.5 Å². The van der Waals surface area contributed by atoms with Crippen LogP contribution in [-0.4, -0.2) is 77.8 Å². The van der Waals surface area contributed by atoms with Gasteiger partial charge in [-0.1, -0.05) is 6.92 Å². The standard InChI is InChI=1S/C14H32N2O3/c1-5-14(2)16(3)8-6-15-7-9-18-12-13-19-11-10-17-4/h14-15H,5-13H2,1-4H3. The lowest BCUT2D eigenvalue weighted by molar-refractivity contribution is 0.0255. The monoisotopic (exact) mass is 276 g/mol. The maximum atomic E-state index is 5.45. The van der Waals surface area contributed by atoms with E-state index in [1.54, 1.807) is 7.11 Å². The van der Waals surface area contributed by atoms with Gasteiger partial charge in [0.05, 0.1) is 33.0 Å². The molecule has 19 heavy (non-hydrogen) atoms. The lowest BCUT2D eigenvalue weighted by atomic mass is 10.2. The molecule has 0 amide bonds. The molecule has 0 aromatic heterocycles. The highest BCUT2D eigenvalue weighted by Crippen LogP contribution is 1.97. The van der Waals surface area contributed by atoms with E-state index >= 15 is 0 Å². The van der Waals surface area contributed by atoms with Crippen LogP contribution in [0, 0.1) is 0 Å². The van der Waals surface area contributed by atoms with Gasteiger partial charge in [0.2, 0.25) is 0 Å².